The summed E-state index contributed by atoms with van der Waals surface area (Å²) in [5.74, 6) is 1.02. The molecule has 1 aromatic heterocycles. The molecule has 0 fully saturated rings. The SMILES string of the molecule is COc1ccc(-c2ccc(C=C3C(=O)c4ccccc4C3=O)o2)cc1Cl. The number of ketones is 2. The molecular formula is C21H13ClO4. The van der Waals surface area contributed by atoms with E-state index in [9.17, 15) is 9.59 Å². The molecule has 128 valence electrons. The number of fused-ring (bicyclic) bond motifs is 1. The zero-order chi connectivity index (χ0) is 18.3. The fourth-order valence-corrected chi connectivity index (χ4v) is 3.21. The first-order valence-electron chi connectivity index (χ1n) is 7.92. The number of hydrogen-bond acceptors (Lipinski definition) is 4. The summed E-state index contributed by atoms with van der Waals surface area (Å²) >= 11 is 6.15. The summed E-state index contributed by atoms with van der Waals surface area (Å²) in [4.78, 5) is 24.9. The number of allylic oxidation sites excluding steroid dienone is 1. The van der Waals surface area contributed by atoms with Crippen molar-refractivity contribution in [2.75, 3.05) is 7.11 Å². The maximum absolute atomic E-state index is 12.4. The molecule has 0 N–H and O–H groups in total. The van der Waals surface area contributed by atoms with Gasteiger partial charge >= 0.3 is 0 Å². The van der Waals surface area contributed by atoms with E-state index in [2.05, 4.69) is 0 Å². The molecule has 0 radical (unpaired) electrons. The predicted octanol–water partition coefficient (Wildman–Crippen LogP) is 5.07. The van der Waals surface area contributed by atoms with E-state index in [-0.39, 0.29) is 17.1 Å². The van der Waals surface area contributed by atoms with Crippen LogP contribution in [0.25, 0.3) is 17.4 Å². The van der Waals surface area contributed by atoms with Crippen molar-refractivity contribution in [3.05, 3.63) is 82.1 Å². The Morgan fingerprint density at radius 3 is 2.27 bits per heavy atom. The number of hydrogen-bond donors (Lipinski definition) is 0. The number of carbonyl (C=O) groups is 2. The van der Waals surface area contributed by atoms with Gasteiger partial charge < -0.3 is 9.15 Å². The van der Waals surface area contributed by atoms with Crippen molar-refractivity contribution >= 4 is 29.2 Å². The Labute approximate surface area is 154 Å². The molecule has 0 bridgehead atoms. The second kappa shape index (κ2) is 6.32. The minimum atomic E-state index is -0.281. The van der Waals surface area contributed by atoms with Crippen molar-refractivity contribution in [2.45, 2.75) is 0 Å². The molecule has 1 aliphatic carbocycles. The van der Waals surface area contributed by atoms with Gasteiger partial charge in [0.05, 0.1) is 17.7 Å². The van der Waals surface area contributed by atoms with E-state index < -0.39 is 0 Å². The molecule has 0 saturated heterocycles. The van der Waals surface area contributed by atoms with Crippen molar-refractivity contribution in [2.24, 2.45) is 0 Å². The highest BCUT2D eigenvalue weighted by molar-refractivity contribution is 6.41. The van der Waals surface area contributed by atoms with E-state index in [0.29, 0.717) is 33.4 Å². The third-order valence-electron chi connectivity index (χ3n) is 4.26. The molecule has 0 atom stereocenters. The summed E-state index contributed by atoms with van der Waals surface area (Å²) in [6.07, 6.45) is 1.49. The first kappa shape index (κ1) is 16.4. The zero-order valence-corrected chi connectivity index (χ0v) is 14.5. The van der Waals surface area contributed by atoms with Gasteiger partial charge in [0.25, 0.3) is 0 Å². The standard InChI is InChI=1S/C21H13ClO4/c1-25-19-8-6-12(10-17(19)22)18-9-7-13(26-18)11-16-20(23)14-4-2-3-5-15(14)21(16)24/h2-11H,1H3. The van der Waals surface area contributed by atoms with E-state index in [4.69, 9.17) is 20.8 Å². The van der Waals surface area contributed by atoms with Gasteiger partial charge in [0, 0.05) is 16.7 Å². The molecule has 4 rings (SSSR count). The van der Waals surface area contributed by atoms with Gasteiger partial charge in [-0.3, -0.25) is 9.59 Å². The number of halogens is 1. The molecule has 5 heteroatoms. The highest BCUT2D eigenvalue weighted by Gasteiger charge is 2.32. The average Bonchev–Trinajstić information content (AvgIpc) is 3.21. The summed E-state index contributed by atoms with van der Waals surface area (Å²) in [5.41, 5.74) is 1.74. The Morgan fingerprint density at radius 2 is 1.65 bits per heavy atom. The Bertz CT molecular complexity index is 1040. The lowest BCUT2D eigenvalue weighted by Crippen LogP contribution is -1.99. The summed E-state index contributed by atoms with van der Waals surface area (Å²) in [7, 11) is 1.55. The van der Waals surface area contributed by atoms with Gasteiger partial charge in [-0.15, -0.1) is 0 Å². The lowest BCUT2D eigenvalue weighted by molar-refractivity contribution is 0.0990. The highest BCUT2D eigenvalue weighted by Crippen LogP contribution is 2.32. The molecule has 26 heavy (non-hydrogen) atoms. The Kier molecular flexibility index (Phi) is 3.98. The van der Waals surface area contributed by atoms with Crippen LogP contribution >= 0.6 is 11.6 Å². The van der Waals surface area contributed by atoms with Crippen molar-refractivity contribution < 1.29 is 18.7 Å². The fourth-order valence-electron chi connectivity index (χ4n) is 2.95. The molecule has 0 saturated carbocycles. The van der Waals surface area contributed by atoms with Crippen LogP contribution in [0.1, 0.15) is 26.5 Å². The quantitative estimate of drug-likeness (QED) is 0.481. The summed E-state index contributed by atoms with van der Waals surface area (Å²) < 4.78 is 10.9. The maximum atomic E-state index is 12.4. The second-order valence-corrected chi connectivity index (χ2v) is 6.22. The van der Waals surface area contributed by atoms with Crippen molar-refractivity contribution in [3.8, 4) is 17.1 Å². The molecule has 3 aromatic rings. The van der Waals surface area contributed by atoms with Crippen LogP contribution in [-0.4, -0.2) is 18.7 Å². The van der Waals surface area contributed by atoms with Crippen LogP contribution < -0.4 is 4.74 Å². The van der Waals surface area contributed by atoms with Gasteiger partial charge in [0.15, 0.2) is 11.6 Å². The normalized spacial score (nSPS) is 13.1. The summed E-state index contributed by atoms with van der Waals surface area (Å²) in [6, 6.07) is 15.6. The molecule has 0 unspecified atom stereocenters. The third kappa shape index (κ3) is 2.65. The van der Waals surface area contributed by atoms with E-state index >= 15 is 0 Å². The molecule has 1 aliphatic rings. The average molecular weight is 365 g/mol. The Balaban J connectivity index is 1.67. The molecule has 0 spiro atoms. The van der Waals surface area contributed by atoms with E-state index in [1.54, 1.807) is 55.6 Å². The summed E-state index contributed by atoms with van der Waals surface area (Å²) in [6.45, 7) is 0. The minimum Gasteiger partial charge on any atom is -0.495 e. The van der Waals surface area contributed by atoms with Crippen molar-refractivity contribution in [3.63, 3.8) is 0 Å². The molecule has 1 heterocycles. The molecule has 0 aliphatic heterocycles. The Hall–Kier alpha value is -3.11. The number of Topliss-reactive ketones (excluding diaryl/α,β-unsaturated/α-hetero) is 2. The number of ether oxygens (including phenoxy) is 1. The van der Waals surface area contributed by atoms with Crippen LogP contribution in [0.2, 0.25) is 5.02 Å². The van der Waals surface area contributed by atoms with E-state index in [1.807, 2.05) is 6.07 Å². The zero-order valence-electron chi connectivity index (χ0n) is 13.8. The van der Waals surface area contributed by atoms with Crippen LogP contribution in [-0.2, 0) is 0 Å². The molecular weight excluding hydrogens is 352 g/mol. The number of furan rings is 1. The maximum Gasteiger partial charge on any atom is 0.197 e. The van der Waals surface area contributed by atoms with Gasteiger partial charge in [-0.1, -0.05) is 35.9 Å². The Morgan fingerprint density at radius 1 is 0.962 bits per heavy atom. The summed E-state index contributed by atoms with van der Waals surface area (Å²) in [5, 5.41) is 0.470. The predicted molar refractivity (Wildman–Crippen MR) is 98.8 cm³/mol. The number of rotatable bonds is 3. The monoisotopic (exact) mass is 364 g/mol. The molecule has 4 nitrogen and oxygen atoms in total. The smallest absolute Gasteiger partial charge is 0.197 e. The molecule has 0 amide bonds. The topological polar surface area (TPSA) is 56.5 Å². The van der Waals surface area contributed by atoms with E-state index in [1.165, 1.54) is 6.08 Å². The lowest BCUT2D eigenvalue weighted by Gasteiger charge is -2.04. The highest BCUT2D eigenvalue weighted by atomic mass is 35.5. The first-order valence-corrected chi connectivity index (χ1v) is 8.30. The molecule has 2 aromatic carbocycles. The van der Waals surface area contributed by atoms with E-state index in [0.717, 1.165) is 5.56 Å². The van der Waals surface area contributed by atoms with Gasteiger partial charge in [-0.05, 0) is 36.4 Å². The van der Waals surface area contributed by atoms with Crippen LogP contribution in [0.15, 0.2) is 64.6 Å². The van der Waals surface area contributed by atoms with Gasteiger partial charge in [-0.2, -0.15) is 0 Å². The van der Waals surface area contributed by atoms with Crippen LogP contribution in [0.5, 0.6) is 5.75 Å². The van der Waals surface area contributed by atoms with Crippen LogP contribution in [0, 0.1) is 0 Å². The van der Waals surface area contributed by atoms with Gasteiger partial charge in [-0.25, -0.2) is 0 Å². The largest absolute Gasteiger partial charge is 0.495 e. The number of carbonyl (C=O) groups excluding carboxylic acids is 2. The van der Waals surface area contributed by atoms with Crippen molar-refractivity contribution in [1.29, 1.82) is 0 Å². The van der Waals surface area contributed by atoms with Crippen LogP contribution in [0.4, 0.5) is 0 Å². The number of benzene rings is 2. The third-order valence-corrected chi connectivity index (χ3v) is 4.55. The van der Waals surface area contributed by atoms with Crippen molar-refractivity contribution in [1.82, 2.24) is 0 Å². The van der Waals surface area contributed by atoms with Gasteiger partial charge in [0.1, 0.15) is 17.3 Å². The lowest BCUT2D eigenvalue weighted by atomic mass is 10.1. The second-order valence-electron chi connectivity index (χ2n) is 5.81. The minimum absolute atomic E-state index is 0.111. The number of methoxy groups -OCH3 is 1. The first-order chi connectivity index (χ1) is 12.6. The van der Waals surface area contributed by atoms with Gasteiger partial charge in [0.2, 0.25) is 0 Å². The van der Waals surface area contributed by atoms with Crippen LogP contribution in [0.3, 0.4) is 0 Å². The fraction of sp³-hybridized carbons (Fsp3) is 0.0476.